The van der Waals surface area contributed by atoms with E-state index in [0.29, 0.717) is 9.85 Å². The molecule has 0 spiro atoms. The summed E-state index contributed by atoms with van der Waals surface area (Å²) < 4.78 is 0. The van der Waals surface area contributed by atoms with Crippen LogP contribution in [0.5, 0.6) is 0 Å². The number of halogens is 2. The average molecular weight is 264 g/mol. The number of nitrogens with zero attached hydrogens (tertiary/aromatic N) is 2. The molecule has 0 aliphatic heterocycles. The van der Waals surface area contributed by atoms with Crippen molar-refractivity contribution >= 4 is 27.5 Å². The highest BCUT2D eigenvalue weighted by Gasteiger charge is 2.05. The lowest BCUT2D eigenvalue weighted by Gasteiger charge is -2.05. The SMILES string of the molecule is CCCC(Br)Cc1ncc(Cl)cn1. The van der Waals surface area contributed by atoms with Gasteiger partial charge in [0.1, 0.15) is 5.82 Å². The minimum atomic E-state index is 0.471. The molecule has 1 aromatic rings. The van der Waals surface area contributed by atoms with Crippen LogP contribution < -0.4 is 0 Å². The molecule has 0 saturated heterocycles. The molecule has 0 aliphatic carbocycles. The molecule has 0 amide bonds. The molecule has 1 rings (SSSR count). The number of aromatic nitrogens is 2. The third-order valence-electron chi connectivity index (χ3n) is 1.68. The molecule has 72 valence electrons. The van der Waals surface area contributed by atoms with Gasteiger partial charge in [-0.1, -0.05) is 40.9 Å². The van der Waals surface area contributed by atoms with Gasteiger partial charge in [0.2, 0.25) is 0 Å². The summed E-state index contributed by atoms with van der Waals surface area (Å²) in [6.45, 7) is 2.16. The molecule has 0 aliphatic rings. The Morgan fingerprint density at radius 1 is 1.46 bits per heavy atom. The van der Waals surface area contributed by atoms with Crippen LogP contribution in [0.4, 0.5) is 0 Å². The van der Waals surface area contributed by atoms with E-state index in [1.54, 1.807) is 12.4 Å². The van der Waals surface area contributed by atoms with Crippen LogP contribution in [0, 0.1) is 0 Å². The number of alkyl halides is 1. The zero-order valence-electron chi connectivity index (χ0n) is 7.50. The topological polar surface area (TPSA) is 25.8 Å². The third-order valence-corrected chi connectivity index (χ3v) is 2.66. The zero-order valence-corrected chi connectivity index (χ0v) is 9.85. The first-order valence-corrected chi connectivity index (χ1v) is 5.62. The molecule has 0 N–H and O–H groups in total. The first kappa shape index (κ1) is 10.9. The summed E-state index contributed by atoms with van der Waals surface area (Å²) >= 11 is 9.25. The number of hydrogen-bond acceptors (Lipinski definition) is 2. The fourth-order valence-corrected chi connectivity index (χ4v) is 1.90. The summed E-state index contributed by atoms with van der Waals surface area (Å²) in [4.78, 5) is 8.73. The molecular formula is C9H12BrClN2. The summed E-state index contributed by atoms with van der Waals surface area (Å²) in [5.41, 5.74) is 0. The Balaban J connectivity index is 2.49. The van der Waals surface area contributed by atoms with Gasteiger partial charge in [-0.2, -0.15) is 0 Å². The van der Waals surface area contributed by atoms with Crippen molar-refractivity contribution < 1.29 is 0 Å². The summed E-state index contributed by atoms with van der Waals surface area (Å²) in [7, 11) is 0. The molecule has 0 saturated carbocycles. The van der Waals surface area contributed by atoms with Gasteiger partial charge < -0.3 is 0 Å². The van der Waals surface area contributed by atoms with Crippen molar-refractivity contribution in [1.29, 1.82) is 0 Å². The van der Waals surface area contributed by atoms with Crippen LogP contribution >= 0.6 is 27.5 Å². The van der Waals surface area contributed by atoms with Gasteiger partial charge in [-0.15, -0.1) is 0 Å². The number of rotatable bonds is 4. The van der Waals surface area contributed by atoms with Crippen LogP contribution in [0.1, 0.15) is 25.6 Å². The number of hydrogen-bond donors (Lipinski definition) is 0. The van der Waals surface area contributed by atoms with E-state index < -0.39 is 0 Å². The Hall–Kier alpha value is -0.150. The van der Waals surface area contributed by atoms with Gasteiger partial charge in [-0.25, -0.2) is 9.97 Å². The first-order chi connectivity index (χ1) is 6.22. The normalized spacial score (nSPS) is 12.8. The van der Waals surface area contributed by atoms with Crippen LogP contribution in [0.25, 0.3) is 0 Å². The second-order valence-electron chi connectivity index (χ2n) is 2.91. The van der Waals surface area contributed by atoms with Crippen LogP contribution in [-0.4, -0.2) is 14.8 Å². The van der Waals surface area contributed by atoms with E-state index in [4.69, 9.17) is 11.6 Å². The molecule has 13 heavy (non-hydrogen) atoms. The fourth-order valence-electron chi connectivity index (χ4n) is 1.06. The lowest BCUT2D eigenvalue weighted by molar-refractivity contribution is 0.719. The van der Waals surface area contributed by atoms with Gasteiger partial charge >= 0.3 is 0 Å². The summed E-state index contributed by atoms with van der Waals surface area (Å²) in [5.74, 6) is 0.847. The first-order valence-electron chi connectivity index (χ1n) is 4.33. The molecular weight excluding hydrogens is 251 g/mol. The predicted molar refractivity (Wildman–Crippen MR) is 58.4 cm³/mol. The van der Waals surface area contributed by atoms with E-state index in [2.05, 4.69) is 32.8 Å². The minimum Gasteiger partial charge on any atom is -0.240 e. The van der Waals surface area contributed by atoms with Crippen molar-refractivity contribution in [2.45, 2.75) is 31.0 Å². The van der Waals surface area contributed by atoms with Crippen LogP contribution in [-0.2, 0) is 6.42 Å². The summed E-state index contributed by atoms with van der Waals surface area (Å²) in [6, 6.07) is 0. The zero-order chi connectivity index (χ0) is 9.68. The van der Waals surface area contributed by atoms with Crippen molar-refractivity contribution in [2.75, 3.05) is 0 Å². The second kappa shape index (κ2) is 5.55. The Morgan fingerprint density at radius 2 is 2.08 bits per heavy atom. The highest BCUT2D eigenvalue weighted by atomic mass is 79.9. The van der Waals surface area contributed by atoms with E-state index in [1.807, 2.05) is 0 Å². The molecule has 0 bridgehead atoms. The Kier molecular flexibility index (Phi) is 4.67. The van der Waals surface area contributed by atoms with Crippen molar-refractivity contribution in [1.82, 2.24) is 9.97 Å². The average Bonchev–Trinajstić information content (AvgIpc) is 2.09. The quantitative estimate of drug-likeness (QED) is 0.780. The molecule has 1 heterocycles. The van der Waals surface area contributed by atoms with E-state index in [9.17, 15) is 0 Å². The third kappa shape index (κ3) is 4.05. The molecule has 1 unspecified atom stereocenters. The maximum absolute atomic E-state index is 5.67. The van der Waals surface area contributed by atoms with E-state index in [0.717, 1.165) is 18.7 Å². The van der Waals surface area contributed by atoms with Crippen molar-refractivity contribution in [3.8, 4) is 0 Å². The smallest absolute Gasteiger partial charge is 0.129 e. The fraction of sp³-hybridized carbons (Fsp3) is 0.556. The highest BCUT2D eigenvalue weighted by Crippen LogP contribution is 2.13. The maximum atomic E-state index is 5.67. The molecule has 0 radical (unpaired) electrons. The van der Waals surface area contributed by atoms with E-state index in [1.165, 1.54) is 6.42 Å². The Morgan fingerprint density at radius 3 is 2.62 bits per heavy atom. The van der Waals surface area contributed by atoms with Gasteiger partial charge in [0.05, 0.1) is 5.02 Å². The molecule has 1 atom stereocenters. The second-order valence-corrected chi connectivity index (χ2v) is 4.64. The maximum Gasteiger partial charge on any atom is 0.129 e. The Labute approximate surface area is 91.9 Å². The molecule has 0 aromatic carbocycles. The van der Waals surface area contributed by atoms with Gasteiger partial charge in [0.25, 0.3) is 0 Å². The standard InChI is InChI=1S/C9H12BrClN2/c1-2-3-7(10)4-9-12-5-8(11)6-13-9/h5-7H,2-4H2,1H3. The highest BCUT2D eigenvalue weighted by molar-refractivity contribution is 9.09. The van der Waals surface area contributed by atoms with Crippen LogP contribution in [0.2, 0.25) is 5.02 Å². The van der Waals surface area contributed by atoms with Crippen LogP contribution in [0.15, 0.2) is 12.4 Å². The summed E-state index contributed by atoms with van der Waals surface area (Å²) in [5, 5.41) is 0.588. The molecule has 2 nitrogen and oxygen atoms in total. The Bertz CT molecular complexity index is 250. The van der Waals surface area contributed by atoms with Crippen molar-refractivity contribution in [2.24, 2.45) is 0 Å². The monoisotopic (exact) mass is 262 g/mol. The minimum absolute atomic E-state index is 0.471. The lowest BCUT2D eigenvalue weighted by Crippen LogP contribution is -2.05. The predicted octanol–water partition coefficient (Wildman–Crippen LogP) is 3.24. The van der Waals surface area contributed by atoms with Crippen molar-refractivity contribution in [3.63, 3.8) is 0 Å². The van der Waals surface area contributed by atoms with Crippen molar-refractivity contribution in [3.05, 3.63) is 23.2 Å². The largest absolute Gasteiger partial charge is 0.240 e. The lowest BCUT2D eigenvalue weighted by atomic mass is 10.2. The van der Waals surface area contributed by atoms with Gasteiger partial charge in [-0.05, 0) is 6.42 Å². The molecule has 0 fully saturated rings. The van der Waals surface area contributed by atoms with E-state index >= 15 is 0 Å². The summed E-state index contributed by atoms with van der Waals surface area (Å²) in [6.07, 6.45) is 6.45. The van der Waals surface area contributed by atoms with Gasteiger partial charge in [-0.3, -0.25) is 0 Å². The molecule has 4 heteroatoms. The van der Waals surface area contributed by atoms with Crippen LogP contribution in [0.3, 0.4) is 0 Å². The van der Waals surface area contributed by atoms with Gasteiger partial charge in [0, 0.05) is 23.6 Å². The molecule has 1 aromatic heterocycles. The van der Waals surface area contributed by atoms with E-state index in [-0.39, 0.29) is 0 Å². The van der Waals surface area contributed by atoms with Gasteiger partial charge in [0.15, 0.2) is 0 Å².